The summed E-state index contributed by atoms with van der Waals surface area (Å²) in [6.45, 7) is 3.49. The number of benzene rings is 3. The van der Waals surface area contributed by atoms with Crippen molar-refractivity contribution in [3.05, 3.63) is 89.7 Å². The molecule has 0 saturated heterocycles. The van der Waals surface area contributed by atoms with Gasteiger partial charge in [-0.05, 0) is 66.6 Å². The van der Waals surface area contributed by atoms with Gasteiger partial charge in [-0.2, -0.15) is 0 Å². The summed E-state index contributed by atoms with van der Waals surface area (Å²) < 4.78 is 13.1. The van der Waals surface area contributed by atoms with E-state index in [1.54, 1.807) is 62.4 Å². The molecular weight excluding hydrogens is 463 g/mol. The van der Waals surface area contributed by atoms with Crippen LogP contribution in [0.5, 0.6) is 0 Å². The van der Waals surface area contributed by atoms with Gasteiger partial charge in [0.2, 0.25) is 11.8 Å². The van der Waals surface area contributed by atoms with Crippen LogP contribution in [0.25, 0.3) is 0 Å². The van der Waals surface area contributed by atoms with Crippen molar-refractivity contribution in [3.63, 3.8) is 0 Å². The first kappa shape index (κ1) is 24.6. The Balaban J connectivity index is 1.44. The molecule has 3 N–H and O–H groups in total. The van der Waals surface area contributed by atoms with Crippen LogP contribution in [-0.2, 0) is 9.59 Å². The maximum absolute atomic E-state index is 13.1. The van der Waals surface area contributed by atoms with E-state index in [0.717, 1.165) is 0 Å². The number of nitrogens with one attached hydrogen (secondary N) is 3. The van der Waals surface area contributed by atoms with Crippen LogP contribution in [0, 0.1) is 11.7 Å². The van der Waals surface area contributed by atoms with Gasteiger partial charge in [-0.25, -0.2) is 4.39 Å². The molecule has 1 aliphatic heterocycles. The van der Waals surface area contributed by atoms with E-state index in [2.05, 4.69) is 16.0 Å². The average molecular weight is 489 g/mol. The number of para-hydroxylation sites is 2. The van der Waals surface area contributed by atoms with Crippen molar-refractivity contribution in [1.82, 2.24) is 5.32 Å². The molecule has 0 spiro atoms. The Morgan fingerprint density at radius 2 is 1.56 bits per heavy atom. The summed E-state index contributed by atoms with van der Waals surface area (Å²) in [7, 11) is 0. The van der Waals surface area contributed by atoms with Gasteiger partial charge in [0.1, 0.15) is 18.4 Å². The van der Waals surface area contributed by atoms with Crippen LogP contribution in [-0.4, -0.2) is 36.2 Å². The maximum atomic E-state index is 13.1. The largest absolute Gasteiger partial charge is 0.340 e. The fraction of sp³-hybridized carbons (Fsp3) is 0.185. The minimum atomic E-state index is -0.841. The van der Waals surface area contributed by atoms with Crippen molar-refractivity contribution in [1.29, 1.82) is 0 Å². The molecule has 4 amide bonds. The zero-order chi connectivity index (χ0) is 25.8. The van der Waals surface area contributed by atoms with E-state index in [-0.39, 0.29) is 29.8 Å². The molecule has 0 aromatic heterocycles. The maximum Gasteiger partial charge on any atom is 0.258 e. The van der Waals surface area contributed by atoms with Crippen molar-refractivity contribution in [2.75, 3.05) is 22.1 Å². The predicted octanol–water partition coefficient (Wildman–Crippen LogP) is 3.82. The smallest absolute Gasteiger partial charge is 0.258 e. The molecule has 1 atom stereocenters. The second-order valence-corrected chi connectivity index (χ2v) is 8.73. The average Bonchev–Trinajstić information content (AvgIpc) is 2.86. The number of carbonyl (C=O) groups excluding carboxylic acids is 4. The van der Waals surface area contributed by atoms with Crippen molar-refractivity contribution in [2.45, 2.75) is 19.9 Å². The van der Waals surface area contributed by atoms with Gasteiger partial charge in [0.25, 0.3) is 11.8 Å². The molecule has 3 aromatic rings. The molecule has 1 heterocycles. The summed E-state index contributed by atoms with van der Waals surface area (Å²) in [5, 5.41) is 8.19. The zero-order valence-electron chi connectivity index (χ0n) is 19.7. The minimum Gasteiger partial charge on any atom is -0.340 e. The van der Waals surface area contributed by atoms with E-state index >= 15 is 0 Å². The van der Waals surface area contributed by atoms with E-state index in [9.17, 15) is 23.6 Å². The standard InChI is InChI=1S/C27H25FN4O4/c1-16(2)24(31-25(34)17-7-11-19(28)12-8-17)26(35)29-20-13-9-18(10-14-20)27(36)32-15-23(33)30-21-5-3-4-6-22(21)32/h3-14,16,24H,15H2,1-2H3,(H,29,35)(H,30,33)(H,31,34). The van der Waals surface area contributed by atoms with E-state index in [1.165, 1.54) is 29.2 Å². The highest BCUT2D eigenvalue weighted by molar-refractivity contribution is 6.15. The molecule has 4 rings (SSSR count). The Morgan fingerprint density at radius 3 is 2.22 bits per heavy atom. The highest BCUT2D eigenvalue weighted by Gasteiger charge is 2.28. The van der Waals surface area contributed by atoms with Crippen LogP contribution in [0.3, 0.4) is 0 Å². The number of fused-ring (bicyclic) bond motifs is 1. The van der Waals surface area contributed by atoms with Gasteiger partial charge in [0.05, 0.1) is 11.4 Å². The van der Waals surface area contributed by atoms with Gasteiger partial charge in [-0.15, -0.1) is 0 Å². The lowest BCUT2D eigenvalue weighted by Crippen LogP contribution is -2.47. The second kappa shape index (κ2) is 10.4. The van der Waals surface area contributed by atoms with Crippen LogP contribution in [0.1, 0.15) is 34.6 Å². The quantitative estimate of drug-likeness (QED) is 0.490. The molecular formula is C27H25FN4O4. The number of anilines is 3. The van der Waals surface area contributed by atoms with E-state index in [0.29, 0.717) is 22.6 Å². The highest BCUT2D eigenvalue weighted by atomic mass is 19.1. The monoisotopic (exact) mass is 488 g/mol. The fourth-order valence-electron chi connectivity index (χ4n) is 3.85. The number of hydrogen-bond acceptors (Lipinski definition) is 4. The highest BCUT2D eigenvalue weighted by Crippen LogP contribution is 2.30. The van der Waals surface area contributed by atoms with Crippen LogP contribution in [0.4, 0.5) is 21.5 Å². The van der Waals surface area contributed by atoms with Crippen LogP contribution < -0.4 is 20.9 Å². The van der Waals surface area contributed by atoms with Gasteiger partial charge in [0.15, 0.2) is 0 Å². The van der Waals surface area contributed by atoms with Crippen molar-refractivity contribution < 1.29 is 23.6 Å². The Bertz CT molecular complexity index is 1310. The first-order valence-electron chi connectivity index (χ1n) is 11.4. The Kier molecular flexibility index (Phi) is 7.10. The molecule has 36 heavy (non-hydrogen) atoms. The Labute approximate surface area is 207 Å². The number of nitrogens with zero attached hydrogens (tertiary/aromatic N) is 1. The van der Waals surface area contributed by atoms with Crippen molar-refractivity contribution >= 4 is 40.7 Å². The molecule has 1 aliphatic rings. The summed E-state index contributed by atoms with van der Waals surface area (Å²) in [5.74, 6) is -2.23. The number of halogens is 1. The molecule has 0 fully saturated rings. The molecule has 184 valence electrons. The summed E-state index contributed by atoms with van der Waals surface area (Å²) >= 11 is 0. The SMILES string of the molecule is CC(C)C(NC(=O)c1ccc(F)cc1)C(=O)Nc1ccc(C(=O)N2CC(=O)Nc3ccccc32)cc1. The molecule has 9 heteroatoms. The lowest BCUT2D eigenvalue weighted by molar-refractivity contribution is -0.119. The molecule has 0 saturated carbocycles. The van der Waals surface area contributed by atoms with E-state index < -0.39 is 23.7 Å². The number of carbonyl (C=O) groups is 4. The van der Waals surface area contributed by atoms with Gasteiger partial charge in [-0.1, -0.05) is 26.0 Å². The zero-order valence-corrected chi connectivity index (χ0v) is 19.7. The summed E-state index contributed by atoms with van der Waals surface area (Å²) in [6.07, 6.45) is 0. The normalized spacial score (nSPS) is 13.4. The van der Waals surface area contributed by atoms with E-state index in [1.807, 2.05) is 0 Å². The van der Waals surface area contributed by atoms with Gasteiger partial charge >= 0.3 is 0 Å². The fourth-order valence-corrected chi connectivity index (χ4v) is 3.85. The third-order valence-corrected chi connectivity index (χ3v) is 5.76. The molecule has 0 aliphatic carbocycles. The molecule has 3 aromatic carbocycles. The van der Waals surface area contributed by atoms with Gasteiger partial charge in [-0.3, -0.25) is 24.1 Å². The Hall–Kier alpha value is -4.53. The molecule has 1 unspecified atom stereocenters. The third-order valence-electron chi connectivity index (χ3n) is 5.76. The van der Waals surface area contributed by atoms with Crippen LogP contribution in [0.2, 0.25) is 0 Å². The van der Waals surface area contributed by atoms with Gasteiger partial charge in [0, 0.05) is 16.8 Å². The molecule has 0 bridgehead atoms. The predicted molar refractivity (Wildman–Crippen MR) is 134 cm³/mol. The summed E-state index contributed by atoms with van der Waals surface area (Å²) in [4.78, 5) is 52.0. The number of rotatable bonds is 6. The Morgan fingerprint density at radius 1 is 0.917 bits per heavy atom. The topological polar surface area (TPSA) is 108 Å². The summed E-state index contributed by atoms with van der Waals surface area (Å²) in [6, 6.07) is 17.6. The molecule has 0 radical (unpaired) electrons. The van der Waals surface area contributed by atoms with Crippen LogP contribution in [0.15, 0.2) is 72.8 Å². The first-order chi connectivity index (χ1) is 17.2. The first-order valence-corrected chi connectivity index (χ1v) is 11.4. The van der Waals surface area contributed by atoms with Crippen molar-refractivity contribution in [3.8, 4) is 0 Å². The lowest BCUT2D eigenvalue weighted by Gasteiger charge is -2.29. The van der Waals surface area contributed by atoms with Gasteiger partial charge < -0.3 is 16.0 Å². The molecule has 8 nitrogen and oxygen atoms in total. The third kappa shape index (κ3) is 5.41. The minimum absolute atomic E-state index is 0.0991. The van der Waals surface area contributed by atoms with Crippen molar-refractivity contribution in [2.24, 2.45) is 5.92 Å². The van der Waals surface area contributed by atoms with E-state index in [4.69, 9.17) is 0 Å². The van der Waals surface area contributed by atoms with Crippen LogP contribution >= 0.6 is 0 Å². The lowest BCUT2D eigenvalue weighted by atomic mass is 10.0. The number of hydrogen-bond donors (Lipinski definition) is 3. The second-order valence-electron chi connectivity index (χ2n) is 8.73. The summed E-state index contributed by atoms with van der Waals surface area (Å²) in [5.41, 5.74) is 2.20. The number of amides is 4.